The third-order valence-corrected chi connectivity index (χ3v) is 3.99. The van der Waals surface area contributed by atoms with E-state index in [0.717, 1.165) is 31.5 Å². The molecule has 1 aliphatic heterocycles. The van der Waals surface area contributed by atoms with Gasteiger partial charge in [0.2, 0.25) is 0 Å². The monoisotopic (exact) mass is 315 g/mol. The molecule has 0 spiro atoms. The topological polar surface area (TPSA) is 38.8 Å². The molecule has 4 heteroatoms. The standard InChI is InChI=1S/C19H25NO3/c1-3-18(21)23-19(11-13-20(2)14-12-19)10-7-15-22-16-17-8-5-4-6-9-17/h4-6,8-9H,3,11-16H2,1-2H3. The van der Waals surface area contributed by atoms with Crippen LogP contribution in [0, 0.1) is 11.8 Å². The first kappa shape index (κ1) is 17.5. The maximum Gasteiger partial charge on any atom is 0.307 e. The number of likely N-dealkylation sites (tertiary alicyclic amines) is 1. The molecule has 0 bridgehead atoms. The fourth-order valence-corrected chi connectivity index (χ4v) is 2.51. The van der Waals surface area contributed by atoms with E-state index < -0.39 is 5.60 Å². The summed E-state index contributed by atoms with van der Waals surface area (Å²) in [6.07, 6.45) is 1.88. The summed E-state index contributed by atoms with van der Waals surface area (Å²) in [6, 6.07) is 10.0. The summed E-state index contributed by atoms with van der Waals surface area (Å²) < 4.78 is 11.2. The van der Waals surface area contributed by atoms with Crippen LogP contribution in [0.2, 0.25) is 0 Å². The Kier molecular flexibility index (Phi) is 6.64. The minimum Gasteiger partial charge on any atom is -0.446 e. The van der Waals surface area contributed by atoms with E-state index in [4.69, 9.17) is 9.47 Å². The molecule has 1 saturated heterocycles. The molecule has 0 atom stereocenters. The fraction of sp³-hybridized carbons (Fsp3) is 0.526. The van der Waals surface area contributed by atoms with E-state index in [-0.39, 0.29) is 5.97 Å². The molecule has 2 rings (SSSR count). The summed E-state index contributed by atoms with van der Waals surface area (Å²) in [4.78, 5) is 13.9. The molecule has 23 heavy (non-hydrogen) atoms. The largest absolute Gasteiger partial charge is 0.446 e. The zero-order valence-electron chi connectivity index (χ0n) is 14.0. The van der Waals surface area contributed by atoms with Crippen LogP contribution in [0.5, 0.6) is 0 Å². The van der Waals surface area contributed by atoms with Crippen LogP contribution in [0.25, 0.3) is 0 Å². The summed E-state index contributed by atoms with van der Waals surface area (Å²) in [7, 11) is 2.07. The quantitative estimate of drug-likeness (QED) is 0.476. The molecule has 0 N–H and O–H groups in total. The van der Waals surface area contributed by atoms with Gasteiger partial charge in [0.1, 0.15) is 6.61 Å². The first-order chi connectivity index (χ1) is 11.1. The lowest BCUT2D eigenvalue weighted by atomic mass is 9.92. The Morgan fingerprint density at radius 2 is 1.96 bits per heavy atom. The summed E-state index contributed by atoms with van der Waals surface area (Å²) >= 11 is 0. The van der Waals surface area contributed by atoms with E-state index in [2.05, 4.69) is 23.8 Å². The average Bonchev–Trinajstić information content (AvgIpc) is 2.58. The summed E-state index contributed by atoms with van der Waals surface area (Å²) in [6.45, 7) is 4.46. The lowest BCUT2D eigenvalue weighted by molar-refractivity contribution is -0.157. The van der Waals surface area contributed by atoms with Gasteiger partial charge in [0.05, 0.1) is 6.61 Å². The molecule has 4 nitrogen and oxygen atoms in total. The Bertz CT molecular complexity index is 551. The zero-order valence-corrected chi connectivity index (χ0v) is 14.0. The average molecular weight is 315 g/mol. The highest BCUT2D eigenvalue weighted by Gasteiger charge is 2.35. The van der Waals surface area contributed by atoms with Crippen molar-refractivity contribution in [3.05, 3.63) is 35.9 Å². The second-order valence-corrected chi connectivity index (χ2v) is 5.91. The van der Waals surface area contributed by atoms with E-state index in [1.54, 1.807) is 6.92 Å². The lowest BCUT2D eigenvalue weighted by Crippen LogP contribution is -2.45. The normalized spacial score (nSPS) is 17.1. The van der Waals surface area contributed by atoms with Crippen molar-refractivity contribution in [1.29, 1.82) is 0 Å². The molecule has 0 unspecified atom stereocenters. The molecule has 1 fully saturated rings. The van der Waals surface area contributed by atoms with Gasteiger partial charge < -0.3 is 14.4 Å². The molecular weight excluding hydrogens is 290 g/mol. The van der Waals surface area contributed by atoms with Gasteiger partial charge in [0.25, 0.3) is 0 Å². The van der Waals surface area contributed by atoms with Crippen LogP contribution < -0.4 is 0 Å². The number of rotatable bonds is 5. The SMILES string of the molecule is CCC(=O)OC1(C#CCOCc2ccccc2)CCN(C)CC1. The van der Waals surface area contributed by atoms with Crippen LogP contribution in [0.3, 0.4) is 0 Å². The minimum atomic E-state index is -0.643. The summed E-state index contributed by atoms with van der Waals surface area (Å²) in [5.41, 5.74) is 0.483. The zero-order chi connectivity index (χ0) is 16.5. The number of ether oxygens (including phenoxy) is 2. The van der Waals surface area contributed by atoms with Crippen LogP contribution in [-0.2, 0) is 20.9 Å². The Morgan fingerprint density at radius 3 is 2.61 bits per heavy atom. The number of nitrogens with zero attached hydrogens (tertiary/aromatic N) is 1. The number of hydrogen-bond acceptors (Lipinski definition) is 4. The predicted octanol–water partition coefficient (Wildman–Crippen LogP) is 2.62. The van der Waals surface area contributed by atoms with Crippen LogP contribution >= 0.6 is 0 Å². The number of benzene rings is 1. The van der Waals surface area contributed by atoms with Gasteiger partial charge in [-0.05, 0) is 12.6 Å². The molecule has 0 saturated carbocycles. The molecule has 1 aromatic carbocycles. The summed E-state index contributed by atoms with van der Waals surface area (Å²) in [5.74, 6) is 6.02. The van der Waals surface area contributed by atoms with Gasteiger partial charge in [-0.25, -0.2) is 0 Å². The molecule has 0 radical (unpaired) electrons. The van der Waals surface area contributed by atoms with Crippen molar-refractivity contribution >= 4 is 5.97 Å². The molecule has 1 aromatic rings. The first-order valence-electron chi connectivity index (χ1n) is 8.15. The van der Waals surface area contributed by atoms with E-state index >= 15 is 0 Å². The minimum absolute atomic E-state index is 0.186. The first-order valence-corrected chi connectivity index (χ1v) is 8.15. The number of carbonyl (C=O) groups is 1. The predicted molar refractivity (Wildman–Crippen MR) is 89.7 cm³/mol. The van der Waals surface area contributed by atoms with Gasteiger partial charge in [-0.2, -0.15) is 0 Å². The highest BCUT2D eigenvalue weighted by Crippen LogP contribution is 2.25. The van der Waals surface area contributed by atoms with Crippen LogP contribution in [-0.4, -0.2) is 43.2 Å². The Labute approximate surface area is 138 Å². The van der Waals surface area contributed by atoms with Crippen molar-refractivity contribution in [3.63, 3.8) is 0 Å². The smallest absolute Gasteiger partial charge is 0.307 e. The van der Waals surface area contributed by atoms with Crippen molar-refractivity contribution in [2.45, 2.75) is 38.4 Å². The van der Waals surface area contributed by atoms with Crippen molar-refractivity contribution < 1.29 is 14.3 Å². The van der Waals surface area contributed by atoms with E-state index in [1.807, 2.05) is 30.3 Å². The number of piperidine rings is 1. The van der Waals surface area contributed by atoms with Crippen molar-refractivity contribution in [1.82, 2.24) is 4.90 Å². The van der Waals surface area contributed by atoms with Gasteiger partial charge >= 0.3 is 5.97 Å². The molecule has 1 aliphatic rings. The third-order valence-electron chi connectivity index (χ3n) is 3.99. The van der Waals surface area contributed by atoms with Gasteiger partial charge in [-0.1, -0.05) is 49.1 Å². The Balaban J connectivity index is 1.89. The van der Waals surface area contributed by atoms with E-state index in [9.17, 15) is 4.79 Å². The molecule has 124 valence electrons. The molecular formula is C19H25NO3. The molecule has 0 amide bonds. The molecule has 0 aliphatic carbocycles. The molecule has 0 aromatic heterocycles. The van der Waals surface area contributed by atoms with Crippen LogP contribution in [0.4, 0.5) is 0 Å². The highest BCUT2D eigenvalue weighted by atomic mass is 16.6. The van der Waals surface area contributed by atoms with Crippen LogP contribution in [0.1, 0.15) is 31.7 Å². The van der Waals surface area contributed by atoms with Crippen LogP contribution in [0.15, 0.2) is 30.3 Å². The molecule has 1 heterocycles. The number of hydrogen-bond donors (Lipinski definition) is 0. The fourth-order valence-electron chi connectivity index (χ4n) is 2.51. The number of carbonyl (C=O) groups excluding carboxylic acids is 1. The Morgan fingerprint density at radius 1 is 1.26 bits per heavy atom. The lowest BCUT2D eigenvalue weighted by Gasteiger charge is -2.36. The van der Waals surface area contributed by atoms with Gasteiger partial charge in [0, 0.05) is 32.4 Å². The summed E-state index contributed by atoms with van der Waals surface area (Å²) in [5, 5.41) is 0. The number of esters is 1. The third kappa shape index (κ3) is 5.70. The van der Waals surface area contributed by atoms with E-state index in [1.165, 1.54) is 0 Å². The van der Waals surface area contributed by atoms with Gasteiger partial charge in [-0.15, -0.1) is 0 Å². The van der Waals surface area contributed by atoms with Gasteiger partial charge in [0.15, 0.2) is 5.60 Å². The Hall–Kier alpha value is -1.83. The van der Waals surface area contributed by atoms with Crippen molar-refractivity contribution in [2.24, 2.45) is 0 Å². The van der Waals surface area contributed by atoms with Gasteiger partial charge in [-0.3, -0.25) is 4.79 Å². The second kappa shape index (κ2) is 8.71. The maximum absolute atomic E-state index is 11.7. The highest BCUT2D eigenvalue weighted by molar-refractivity contribution is 5.70. The van der Waals surface area contributed by atoms with Crippen molar-refractivity contribution in [2.75, 3.05) is 26.7 Å². The van der Waals surface area contributed by atoms with Crippen molar-refractivity contribution in [3.8, 4) is 11.8 Å². The maximum atomic E-state index is 11.7. The second-order valence-electron chi connectivity index (χ2n) is 5.91. The van der Waals surface area contributed by atoms with E-state index in [0.29, 0.717) is 19.6 Å².